The number of unbranched alkanes of at least 4 members (excludes halogenated alkanes) is 10. The predicted molar refractivity (Wildman–Crippen MR) is 138 cm³/mol. The van der Waals surface area contributed by atoms with Gasteiger partial charge in [0.05, 0.1) is 0 Å². The van der Waals surface area contributed by atoms with E-state index in [0.717, 1.165) is 0 Å². The number of benzene rings is 1. The Kier molecular flexibility index (Phi) is 15.3. The fourth-order valence-electron chi connectivity index (χ4n) is 5.17. The van der Waals surface area contributed by atoms with E-state index in [4.69, 9.17) is 0 Å². The normalized spacial score (nSPS) is 11.4. The zero-order valence-electron chi connectivity index (χ0n) is 21.7. The molecule has 0 heteroatoms. The van der Waals surface area contributed by atoms with Gasteiger partial charge in [0.1, 0.15) is 0 Å². The second-order valence-electron chi connectivity index (χ2n) is 9.70. The van der Waals surface area contributed by atoms with Crippen LogP contribution >= 0.6 is 0 Å². The average Bonchev–Trinajstić information content (AvgIpc) is 2.74. The molecule has 0 spiro atoms. The van der Waals surface area contributed by atoms with E-state index in [1.54, 1.807) is 33.4 Å². The highest BCUT2D eigenvalue weighted by atomic mass is 14.2. The van der Waals surface area contributed by atoms with Gasteiger partial charge >= 0.3 is 0 Å². The van der Waals surface area contributed by atoms with Crippen LogP contribution in [0.2, 0.25) is 0 Å². The molecular formula is C30H54. The minimum atomic E-state index is 1.30. The van der Waals surface area contributed by atoms with Crippen molar-refractivity contribution < 1.29 is 0 Å². The van der Waals surface area contributed by atoms with Gasteiger partial charge in [-0.15, -0.1) is 0 Å². The third kappa shape index (κ3) is 9.15. The van der Waals surface area contributed by atoms with Gasteiger partial charge in [-0.05, 0) is 98.6 Å². The third-order valence-corrected chi connectivity index (χ3v) is 7.16. The molecule has 0 aliphatic carbocycles. The van der Waals surface area contributed by atoms with Gasteiger partial charge in [0.15, 0.2) is 0 Å². The van der Waals surface area contributed by atoms with E-state index in [2.05, 4.69) is 41.5 Å². The average molecular weight is 415 g/mol. The SMILES string of the molecule is CCCCCCCc1c(C)c(CCCC)c(CCCCC)c(CCCCCC)c1C. The maximum Gasteiger partial charge on any atom is -0.0273 e. The minimum Gasteiger partial charge on any atom is -0.0654 e. The molecule has 0 atom stereocenters. The number of hydrogen-bond donors (Lipinski definition) is 0. The van der Waals surface area contributed by atoms with Gasteiger partial charge in [0, 0.05) is 0 Å². The Labute approximate surface area is 190 Å². The predicted octanol–water partition coefficient (Wildman–Crippen LogP) is 10.0. The molecule has 1 rings (SSSR count). The zero-order chi connectivity index (χ0) is 22.2. The second-order valence-corrected chi connectivity index (χ2v) is 9.70. The van der Waals surface area contributed by atoms with Crippen molar-refractivity contribution in [2.45, 2.75) is 157 Å². The molecule has 0 saturated carbocycles. The highest BCUT2D eigenvalue weighted by molar-refractivity contribution is 5.51. The van der Waals surface area contributed by atoms with Gasteiger partial charge in [0.2, 0.25) is 0 Å². The first-order valence-electron chi connectivity index (χ1n) is 13.7. The summed E-state index contributed by atoms with van der Waals surface area (Å²) in [5.41, 5.74) is 10.4. The van der Waals surface area contributed by atoms with Crippen LogP contribution in [-0.4, -0.2) is 0 Å². The molecule has 0 unspecified atom stereocenters. The lowest BCUT2D eigenvalue weighted by Crippen LogP contribution is -2.11. The summed E-state index contributed by atoms with van der Waals surface area (Å²) in [7, 11) is 0. The van der Waals surface area contributed by atoms with Gasteiger partial charge in [0.25, 0.3) is 0 Å². The van der Waals surface area contributed by atoms with Crippen molar-refractivity contribution in [1.82, 2.24) is 0 Å². The molecule has 30 heavy (non-hydrogen) atoms. The van der Waals surface area contributed by atoms with Crippen LogP contribution in [-0.2, 0) is 25.7 Å². The van der Waals surface area contributed by atoms with Crippen molar-refractivity contribution in [3.05, 3.63) is 33.4 Å². The van der Waals surface area contributed by atoms with E-state index in [9.17, 15) is 0 Å². The van der Waals surface area contributed by atoms with Gasteiger partial charge in [-0.2, -0.15) is 0 Å². The van der Waals surface area contributed by atoms with Crippen molar-refractivity contribution in [2.75, 3.05) is 0 Å². The summed E-state index contributed by atoms with van der Waals surface area (Å²) in [5, 5.41) is 0. The molecule has 0 heterocycles. The highest BCUT2D eigenvalue weighted by Gasteiger charge is 2.18. The van der Waals surface area contributed by atoms with Crippen LogP contribution in [0.25, 0.3) is 0 Å². The summed E-state index contributed by atoms with van der Waals surface area (Å²) in [6, 6.07) is 0. The molecule has 1 aromatic carbocycles. The van der Waals surface area contributed by atoms with Crippen molar-refractivity contribution >= 4 is 0 Å². The molecule has 0 amide bonds. The molecule has 0 aliphatic rings. The maximum atomic E-state index is 2.47. The molecule has 0 saturated heterocycles. The van der Waals surface area contributed by atoms with E-state index < -0.39 is 0 Å². The Bertz CT molecular complexity index is 566. The highest BCUT2D eigenvalue weighted by Crippen LogP contribution is 2.33. The van der Waals surface area contributed by atoms with Crippen LogP contribution in [0.3, 0.4) is 0 Å². The molecule has 0 bridgehead atoms. The molecule has 0 nitrogen and oxygen atoms in total. The summed E-state index contributed by atoms with van der Waals surface area (Å²) in [5.74, 6) is 0. The summed E-state index contributed by atoms with van der Waals surface area (Å²) < 4.78 is 0. The van der Waals surface area contributed by atoms with E-state index >= 15 is 0 Å². The van der Waals surface area contributed by atoms with Gasteiger partial charge in [-0.1, -0.05) is 91.9 Å². The molecule has 0 radical (unpaired) electrons. The van der Waals surface area contributed by atoms with Crippen LogP contribution in [0.4, 0.5) is 0 Å². The number of hydrogen-bond acceptors (Lipinski definition) is 0. The van der Waals surface area contributed by atoms with E-state index in [1.165, 1.54) is 116 Å². The third-order valence-electron chi connectivity index (χ3n) is 7.16. The summed E-state index contributed by atoms with van der Waals surface area (Å²) in [4.78, 5) is 0. The summed E-state index contributed by atoms with van der Waals surface area (Å²) in [6.45, 7) is 14.3. The Morgan fingerprint density at radius 3 is 1.20 bits per heavy atom. The van der Waals surface area contributed by atoms with Crippen molar-refractivity contribution in [3.8, 4) is 0 Å². The summed E-state index contributed by atoms with van der Waals surface area (Å²) in [6.07, 6.45) is 24.4. The molecule has 0 fully saturated rings. The van der Waals surface area contributed by atoms with Crippen LogP contribution in [0.15, 0.2) is 0 Å². The van der Waals surface area contributed by atoms with E-state index in [-0.39, 0.29) is 0 Å². The smallest absolute Gasteiger partial charge is 0.0273 e. The zero-order valence-corrected chi connectivity index (χ0v) is 21.7. The summed E-state index contributed by atoms with van der Waals surface area (Å²) >= 11 is 0. The van der Waals surface area contributed by atoms with Crippen LogP contribution in [0.1, 0.15) is 151 Å². The second kappa shape index (κ2) is 16.9. The van der Waals surface area contributed by atoms with Crippen LogP contribution in [0, 0.1) is 13.8 Å². The topological polar surface area (TPSA) is 0 Å². The lowest BCUT2D eigenvalue weighted by atomic mass is 9.80. The lowest BCUT2D eigenvalue weighted by Gasteiger charge is -2.25. The number of rotatable bonds is 18. The van der Waals surface area contributed by atoms with E-state index in [0.29, 0.717) is 0 Å². The first-order chi connectivity index (χ1) is 14.6. The van der Waals surface area contributed by atoms with Crippen molar-refractivity contribution in [3.63, 3.8) is 0 Å². The minimum absolute atomic E-state index is 1.30. The van der Waals surface area contributed by atoms with Crippen LogP contribution in [0.5, 0.6) is 0 Å². The fraction of sp³-hybridized carbons (Fsp3) is 0.800. The quantitative estimate of drug-likeness (QED) is 0.210. The Balaban J connectivity index is 3.21. The van der Waals surface area contributed by atoms with Crippen molar-refractivity contribution in [1.29, 1.82) is 0 Å². The van der Waals surface area contributed by atoms with Crippen LogP contribution < -0.4 is 0 Å². The largest absolute Gasteiger partial charge is 0.0654 e. The molecule has 0 N–H and O–H groups in total. The van der Waals surface area contributed by atoms with Gasteiger partial charge in [-0.3, -0.25) is 0 Å². The first kappa shape index (κ1) is 27.3. The Morgan fingerprint density at radius 2 is 0.667 bits per heavy atom. The Hall–Kier alpha value is -0.780. The molecule has 1 aromatic rings. The van der Waals surface area contributed by atoms with E-state index in [1.807, 2.05) is 0 Å². The van der Waals surface area contributed by atoms with Crippen molar-refractivity contribution in [2.24, 2.45) is 0 Å². The molecule has 174 valence electrons. The first-order valence-corrected chi connectivity index (χ1v) is 13.7. The lowest BCUT2D eigenvalue weighted by molar-refractivity contribution is 0.627. The molecule has 0 aliphatic heterocycles. The Morgan fingerprint density at radius 1 is 0.333 bits per heavy atom. The van der Waals surface area contributed by atoms with Gasteiger partial charge in [-0.25, -0.2) is 0 Å². The molecular weight excluding hydrogens is 360 g/mol. The standard InChI is InChI=1S/C30H54/c1-7-11-15-17-20-22-27-25(5)28(21-14-10-4)30(24-18-13-9-3)29(26(27)6)23-19-16-12-8-2/h7-24H2,1-6H3. The van der Waals surface area contributed by atoms with Gasteiger partial charge < -0.3 is 0 Å². The molecule has 0 aromatic heterocycles. The monoisotopic (exact) mass is 414 g/mol. The fourth-order valence-corrected chi connectivity index (χ4v) is 5.17. The maximum absolute atomic E-state index is 2.47.